The fraction of sp³-hybridized carbons (Fsp3) is 0.333. The van der Waals surface area contributed by atoms with Gasteiger partial charge in [0.05, 0.1) is 11.2 Å². The Balaban J connectivity index is 1.82. The second-order valence-corrected chi connectivity index (χ2v) is 4.75. The zero-order valence-electron chi connectivity index (χ0n) is 10.6. The molecule has 0 atom stereocenters. The van der Waals surface area contributed by atoms with E-state index in [-0.39, 0.29) is 11.8 Å². The van der Waals surface area contributed by atoms with Gasteiger partial charge < -0.3 is 10.1 Å². The zero-order valence-corrected chi connectivity index (χ0v) is 10.6. The first kappa shape index (κ1) is 12.1. The van der Waals surface area contributed by atoms with Crippen molar-refractivity contribution < 1.29 is 9.53 Å². The lowest BCUT2D eigenvalue weighted by molar-refractivity contribution is -0.122. The SMILES string of the molecule is O=C(Nc1cccc2ncccc12)C1CCOCC1. The van der Waals surface area contributed by atoms with E-state index in [9.17, 15) is 4.79 Å². The van der Waals surface area contributed by atoms with Gasteiger partial charge in [-0.25, -0.2) is 0 Å². The molecule has 19 heavy (non-hydrogen) atoms. The van der Waals surface area contributed by atoms with Gasteiger partial charge in [0.1, 0.15) is 0 Å². The maximum atomic E-state index is 12.2. The highest BCUT2D eigenvalue weighted by atomic mass is 16.5. The number of rotatable bonds is 2. The predicted molar refractivity (Wildman–Crippen MR) is 73.9 cm³/mol. The van der Waals surface area contributed by atoms with Crippen LogP contribution in [0.3, 0.4) is 0 Å². The van der Waals surface area contributed by atoms with Gasteiger partial charge in [0, 0.05) is 30.7 Å². The Kier molecular flexibility index (Phi) is 3.42. The van der Waals surface area contributed by atoms with Crippen LogP contribution in [0.5, 0.6) is 0 Å². The maximum absolute atomic E-state index is 12.2. The molecule has 2 heterocycles. The molecule has 4 nitrogen and oxygen atoms in total. The highest BCUT2D eigenvalue weighted by Crippen LogP contribution is 2.23. The third kappa shape index (κ3) is 2.58. The van der Waals surface area contributed by atoms with Crippen LogP contribution in [0.4, 0.5) is 5.69 Å². The second kappa shape index (κ2) is 5.36. The molecule has 1 saturated heterocycles. The van der Waals surface area contributed by atoms with Crippen LogP contribution >= 0.6 is 0 Å². The first-order chi connectivity index (χ1) is 9.34. The number of hydrogen-bond donors (Lipinski definition) is 1. The normalized spacial score (nSPS) is 16.4. The van der Waals surface area contributed by atoms with Crippen LogP contribution in [0.2, 0.25) is 0 Å². The van der Waals surface area contributed by atoms with Crippen LogP contribution < -0.4 is 5.32 Å². The van der Waals surface area contributed by atoms with Crippen LogP contribution in [-0.2, 0) is 9.53 Å². The van der Waals surface area contributed by atoms with Gasteiger partial charge in [-0.1, -0.05) is 6.07 Å². The number of carbonyl (C=O) groups excluding carboxylic acids is 1. The van der Waals surface area contributed by atoms with Crippen molar-refractivity contribution in [1.29, 1.82) is 0 Å². The molecule has 0 saturated carbocycles. The molecule has 1 amide bonds. The summed E-state index contributed by atoms with van der Waals surface area (Å²) < 4.78 is 5.28. The monoisotopic (exact) mass is 256 g/mol. The summed E-state index contributed by atoms with van der Waals surface area (Å²) >= 11 is 0. The van der Waals surface area contributed by atoms with E-state index in [0.717, 1.165) is 29.4 Å². The van der Waals surface area contributed by atoms with Crippen molar-refractivity contribution in [3.05, 3.63) is 36.5 Å². The fourth-order valence-electron chi connectivity index (χ4n) is 2.41. The molecule has 0 radical (unpaired) electrons. The maximum Gasteiger partial charge on any atom is 0.227 e. The van der Waals surface area contributed by atoms with Gasteiger partial charge in [0.15, 0.2) is 0 Å². The van der Waals surface area contributed by atoms with Crippen molar-refractivity contribution in [2.75, 3.05) is 18.5 Å². The third-order valence-electron chi connectivity index (χ3n) is 3.50. The molecule has 1 N–H and O–H groups in total. The summed E-state index contributed by atoms with van der Waals surface area (Å²) in [5.41, 5.74) is 1.73. The number of fused-ring (bicyclic) bond motifs is 1. The van der Waals surface area contributed by atoms with Crippen LogP contribution in [0.25, 0.3) is 10.9 Å². The van der Waals surface area contributed by atoms with Crippen LogP contribution in [0.15, 0.2) is 36.5 Å². The van der Waals surface area contributed by atoms with Gasteiger partial charge in [-0.05, 0) is 37.1 Å². The lowest BCUT2D eigenvalue weighted by Crippen LogP contribution is -2.28. The lowest BCUT2D eigenvalue weighted by atomic mass is 9.99. The molecule has 0 bridgehead atoms. The topological polar surface area (TPSA) is 51.2 Å². The molecule has 2 aromatic rings. The van der Waals surface area contributed by atoms with E-state index in [2.05, 4.69) is 10.3 Å². The van der Waals surface area contributed by atoms with Gasteiger partial charge in [0.25, 0.3) is 0 Å². The van der Waals surface area contributed by atoms with Crippen molar-refractivity contribution in [2.45, 2.75) is 12.8 Å². The van der Waals surface area contributed by atoms with Gasteiger partial charge in [0.2, 0.25) is 5.91 Å². The number of nitrogens with zero attached hydrogens (tertiary/aromatic N) is 1. The molecule has 0 aliphatic carbocycles. The van der Waals surface area contributed by atoms with Crippen molar-refractivity contribution in [3.8, 4) is 0 Å². The predicted octanol–water partition coefficient (Wildman–Crippen LogP) is 2.60. The Morgan fingerprint density at radius 1 is 1.21 bits per heavy atom. The van der Waals surface area contributed by atoms with E-state index in [4.69, 9.17) is 4.74 Å². The summed E-state index contributed by atoms with van der Waals surface area (Å²) in [6, 6.07) is 9.63. The number of carbonyl (C=O) groups is 1. The Morgan fingerprint density at radius 3 is 2.89 bits per heavy atom. The van der Waals surface area contributed by atoms with Crippen molar-refractivity contribution in [3.63, 3.8) is 0 Å². The number of aromatic nitrogens is 1. The Bertz CT molecular complexity index is 586. The van der Waals surface area contributed by atoms with Gasteiger partial charge in [-0.2, -0.15) is 0 Å². The molecule has 1 aliphatic rings. The molecule has 1 aliphatic heterocycles. The van der Waals surface area contributed by atoms with Crippen LogP contribution in [-0.4, -0.2) is 24.1 Å². The van der Waals surface area contributed by atoms with Crippen molar-refractivity contribution in [2.24, 2.45) is 5.92 Å². The van der Waals surface area contributed by atoms with Crippen molar-refractivity contribution in [1.82, 2.24) is 4.98 Å². The summed E-state index contributed by atoms with van der Waals surface area (Å²) in [6.45, 7) is 1.35. The quantitative estimate of drug-likeness (QED) is 0.898. The molecule has 1 aromatic carbocycles. The average Bonchev–Trinajstić information content (AvgIpc) is 2.48. The van der Waals surface area contributed by atoms with Gasteiger partial charge in [-0.15, -0.1) is 0 Å². The number of anilines is 1. The van der Waals surface area contributed by atoms with Crippen LogP contribution in [0, 0.1) is 5.92 Å². The number of ether oxygens (including phenoxy) is 1. The Labute approximate surface area is 111 Å². The minimum absolute atomic E-state index is 0.0562. The van der Waals surface area contributed by atoms with E-state index in [1.54, 1.807) is 6.20 Å². The first-order valence-corrected chi connectivity index (χ1v) is 6.57. The van der Waals surface area contributed by atoms with E-state index in [0.29, 0.717) is 13.2 Å². The van der Waals surface area contributed by atoms with E-state index in [1.807, 2.05) is 30.3 Å². The fourth-order valence-corrected chi connectivity index (χ4v) is 2.41. The summed E-state index contributed by atoms with van der Waals surface area (Å²) in [5, 5.41) is 4.00. The summed E-state index contributed by atoms with van der Waals surface area (Å²) in [5.74, 6) is 0.139. The first-order valence-electron chi connectivity index (χ1n) is 6.57. The van der Waals surface area contributed by atoms with Gasteiger partial charge >= 0.3 is 0 Å². The minimum Gasteiger partial charge on any atom is -0.381 e. The second-order valence-electron chi connectivity index (χ2n) is 4.75. The molecule has 0 unspecified atom stereocenters. The van der Waals surface area contributed by atoms with E-state index >= 15 is 0 Å². The van der Waals surface area contributed by atoms with E-state index in [1.165, 1.54) is 0 Å². The molecular formula is C15H16N2O2. The molecule has 0 spiro atoms. The molecule has 4 heteroatoms. The molecular weight excluding hydrogens is 240 g/mol. The number of benzene rings is 1. The van der Waals surface area contributed by atoms with E-state index < -0.39 is 0 Å². The summed E-state index contributed by atoms with van der Waals surface area (Å²) in [7, 11) is 0. The molecule has 1 aromatic heterocycles. The molecule has 3 rings (SSSR count). The number of nitrogens with one attached hydrogen (secondary N) is 1. The van der Waals surface area contributed by atoms with Crippen LogP contribution in [0.1, 0.15) is 12.8 Å². The minimum atomic E-state index is 0.0562. The largest absolute Gasteiger partial charge is 0.381 e. The number of hydrogen-bond acceptors (Lipinski definition) is 3. The smallest absolute Gasteiger partial charge is 0.227 e. The Morgan fingerprint density at radius 2 is 2.05 bits per heavy atom. The highest BCUT2D eigenvalue weighted by molar-refractivity contribution is 6.01. The number of amides is 1. The third-order valence-corrected chi connectivity index (χ3v) is 3.50. The lowest BCUT2D eigenvalue weighted by Gasteiger charge is -2.21. The summed E-state index contributed by atoms with van der Waals surface area (Å²) in [4.78, 5) is 16.5. The highest BCUT2D eigenvalue weighted by Gasteiger charge is 2.21. The summed E-state index contributed by atoms with van der Waals surface area (Å²) in [6.07, 6.45) is 3.36. The Hall–Kier alpha value is -1.94. The van der Waals surface area contributed by atoms with Gasteiger partial charge in [-0.3, -0.25) is 9.78 Å². The molecule has 98 valence electrons. The number of pyridine rings is 1. The zero-order chi connectivity index (χ0) is 13.1. The molecule has 1 fully saturated rings. The average molecular weight is 256 g/mol. The van der Waals surface area contributed by atoms with Crippen molar-refractivity contribution >= 4 is 22.5 Å². The standard InChI is InChI=1S/C15H16N2O2/c18-15(11-6-9-19-10-7-11)17-14-5-1-4-13-12(14)3-2-8-16-13/h1-5,8,11H,6-7,9-10H2,(H,17,18).